The Hall–Kier alpha value is -3.52. The van der Waals surface area contributed by atoms with Gasteiger partial charge in [-0.2, -0.15) is 10.2 Å². The summed E-state index contributed by atoms with van der Waals surface area (Å²) in [5.41, 5.74) is 4.32. The number of rotatable bonds is 9. The van der Waals surface area contributed by atoms with Crippen LogP contribution in [0.5, 0.6) is 5.75 Å². The molecule has 1 atom stereocenters. The first kappa shape index (κ1) is 23.6. The second-order valence-electron chi connectivity index (χ2n) is 8.53. The monoisotopic (exact) mass is 462 g/mol. The van der Waals surface area contributed by atoms with Crippen LogP contribution in [-0.2, 0) is 0 Å². The van der Waals surface area contributed by atoms with Crippen LogP contribution in [0.4, 0.5) is 10.2 Å². The third kappa shape index (κ3) is 4.87. The SMILES string of the molecule is CCNCCC(Oc1cccc(-n2nc3c(N(C)C)nnc(C)c3c2C)c1)c1cccc(F)c1. The zero-order valence-corrected chi connectivity index (χ0v) is 20.3. The van der Waals surface area contributed by atoms with Gasteiger partial charge in [-0.1, -0.05) is 25.1 Å². The van der Waals surface area contributed by atoms with Gasteiger partial charge < -0.3 is 15.0 Å². The van der Waals surface area contributed by atoms with Gasteiger partial charge in [0.25, 0.3) is 0 Å². The maximum atomic E-state index is 13.9. The zero-order chi connectivity index (χ0) is 24.2. The number of nitrogens with zero attached hydrogens (tertiary/aromatic N) is 5. The van der Waals surface area contributed by atoms with Crippen LogP contribution in [0.1, 0.15) is 36.4 Å². The lowest BCUT2D eigenvalue weighted by atomic mass is 10.1. The summed E-state index contributed by atoms with van der Waals surface area (Å²) in [5.74, 6) is 1.16. The van der Waals surface area contributed by atoms with E-state index in [1.807, 2.05) is 67.9 Å². The van der Waals surface area contributed by atoms with E-state index in [0.29, 0.717) is 5.75 Å². The smallest absolute Gasteiger partial charge is 0.179 e. The van der Waals surface area contributed by atoms with Gasteiger partial charge in [0.15, 0.2) is 5.82 Å². The van der Waals surface area contributed by atoms with Crippen LogP contribution in [0, 0.1) is 19.7 Å². The van der Waals surface area contributed by atoms with Crippen molar-refractivity contribution in [2.45, 2.75) is 33.3 Å². The third-order valence-electron chi connectivity index (χ3n) is 5.80. The lowest BCUT2D eigenvalue weighted by Gasteiger charge is -2.20. The molecule has 1 N–H and O–H groups in total. The van der Waals surface area contributed by atoms with Gasteiger partial charge in [0.1, 0.15) is 23.2 Å². The van der Waals surface area contributed by atoms with Crippen molar-refractivity contribution >= 4 is 16.7 Å². The molecular weight excluding hydrogens is 431 g/mol. The zero-order valence-electron chi connectivity index (χ0n) is 20.3. The first-order valence-electron chi connectivity index (χ1n) is 11.5. The standard InChI is InChI=1S/C26H31FN6O/c1-6-28-14-13-23(19-9-7-10-20(27)15-19)34-22-12-8-11-21(16-22)33-18(3)24-17(2)29-30-26(32(4)5)25(24)31-33/h7-12,15-16,23,28H,6,13-14H2,1-5H3. The Morgan fingerprint density at radius 3 is 2.62 bits per heavy atom. The molecule has 2 aromatic heterocycles. The van der Waals surface area contributed by atoms with Crippen LogP contribution >= 0.6 is 0 Å². The van der Waals surface area contributed by atoms with Gasteiger partial charge in [0.05, 0.1) is 22.5 Å². The average Bonchev–Trinajstić information content (AvgIpc) is 3.16. The molecule has 0 spiro atoms. The third-order valence-corrected chi connectivity index (χ3v) is 5.80. The molecule has 0 bridgehead atoms. The number of benzene rings is 2. The van der Waals surface area contributed by atoms with Gasteiger partial charge in [-0.15, -0.1) is 5.10 Å². The van der Waals surface area contributed by atoms with E-state index >= 15 is 0 Å². The van der Waals surface area contributed by atoms with Gasteiger partial charge in [0.2, 0.25) is 0 Å². The Bertz CT molecular complexity index is 1290. The Balaban J connectivity index is 1.70. The Morgan fingerprint density at radius 1 is 1.09 bits per heavy atom. The van der Waals surface area contributed by atoms with Crippen LogP contribution in [0.25, 0.3) is 16.6 Å². The average molecular weight is 463 g/mol. The van der Waals surface area contributed by atoms with E-state index < -0.39 is 0 Å². The van der Waals surface area contributed by atoms with Crippen molar-refractivity contribution in [2.75, 3.05) is 32.1 Å². The number of aromatic nitrogens is 4. The van der Waals surface area contributed by atoms with E-state index in [0.717, 1.165) is 58.9 Å². The fourth-order valence-electron chi connectivity index (χ4n) is 4.13. The Morgan fingerprint density at radius 2 is 1.88 bits per heavy atom. The van der Waals surface area contributed by atoms with E-state index in [-0.39, 0.29) is 11.9 Å². The maximum absolute atomic E-state index is 13.9. The highest BCUT2D eigenvalue weighted by Crippen LogP contribution is 2.31. The number of ether oxygens (including phenoxy) is 1. The summed E-state index contributed by atoms with van der Waals surface area (Å²) < 4.78 is 22.2. The van der Waals surface area contributed by atoms with Crippen LogP contribution in [-0.4, -0.2) is 47.2 Å². The summed E-state index contributed by atoms with van der Waals surface area (Å²) in [7, 11) is 3.86. The summed E-state index contributed by atoms with van der Waals surface area (Å²) >= 11 is 0. The number of nitrogens with one attached hydrogen (secondary N) is 1. The summed E-state index contributed by atoms with van der Waals surface area (Å²) in [6, 6.07) is 14.4. The van der Waals surface area contributed by atoms with Crippen LogP contribution < -0.4 is 15.0 Å². The molecule has 0 aliphatic carbocycles. The van der Waals surface area contributed by atoms with Crippen LogP contribution in [0.2, 0.25) is 0 Å². The van der Waals surface area contributed by atoms with Crippen molar-refractivity contribution in [1.29, 1.82) is 0 Å². The number of fused-ring (bicyclic) bond motifs is 1. The van der Waals surface area contributed by atoms with E-state index in [1.165, 1.54) is 12.1 Å². The summed E-state index contributed by atoms with van der Waals surface area (Å²) in [5, 5.41) is 17.8. The molecule has 4 rings (SSSR count). The fourth-order valence-corrected chi connectivity index (χ4v) is 4.13. The van der Waals surface area contributed by atoms with E-state index in [9.17, 15) is 4.39 Å². The molecular formula is C26H31FN6O. The number of aryl methyl sites for hydroxylation is 2. The van der Waals surface area contributed by atoms with Crippen molar-refractivity contribution in [3.63, 3.8) is 0 Å². The topological polar surface area (TPSA) is 68.1 Å². The molecule has 0 saturated carbocycles. The highest BCUT2D eigenvalue weighted by Gasteiger charge is 2.19. The predicted octanol–water partition coefficient (Wildman–Crippen LogP) is 4.76. The molecule has 0 saturated heterocycles. The normalized spacial score (nSPS) is 12.2. The predicted molar refractivity (Wildman–Crippen MR) is 133 cm³/mol. The molecule has 4 aromatic rings. The second kappa shape index (κ2) is 10.2. The van der Waals surface area contributed by atoms with Gasteiger partial charge >= 0.3 is 0 Å². The maximum Gasteiger partial charge on any atom is 0.179 e. The first-order chi connectivity index (χ1) is 16.4. The highest BCUT2D eigenvalue weighted by molar-refractivity contribution is 5.92. The van der Waals surface area contributed by atoms with E-state index in [4.69, 9.17) is 9.84 Å². The highest BCUT2D eigenvalue weighted by atomic mass is 19.1. The molecule has 0 aliphatic heterocycles. The number of halogens is 1. The van der Waals surface area contributed by atoms with Crippen molar-refractivity contribution in [3.8, 4) is 11.4 Å². The Kier molecular flexibility index (Phi) is 7.07. The first-order valence-corrected chi connectivity index (χ1v) is 11.5. The minimum absolute atomic E-state index is 0.267. The largest absolute Gasteiger partial charge is 0.486 e. The number of hydrogen-bond donors (Lipinski definition) is 1. The number of hydrogen-bond acceptors (Lipinski definition) is 6. The summed E-state index contributed by atoms with van der Waals surface area (Å²) in [6.07, 6.45) is 0.438. The molecule has 0 fully saturated rings. The van der Waals surface area contributed by atoms with Crippen LogP contribution in [0.15, 0.2) is 48.5 Å². The van der Waals surface area contributed by atoms with E-state index in [2.05, 4.69) is 22.4 Å². The van der Waals surface area contributed by atoms with Gasteiger partial charge in [-0.05, 0) is 56.8 Å². The summed E-state index contributed by atoms with van der Waals surface area (Å²) in [6.45, 7) is 7.68. The van der Waals surface area contributed by atoms with Crippen molar-refractivity contribution in [1.82, 2.24) is 25.3 Å². The van der Waals surface area contributed by atoms with Crippen molar-refractivity contribution < 1.29 is 9.13 Å². The molecule has 2 aromatic carbocycles. The molecule has 1 unspecified atom stereocenters. The summed E-state index contributed by atoms with van der Waals surface area (Å²) in [4.78, 5) is 1.92. The van der Waals surface area contributed by atoms with Crippen molar-refractivity contribution in [3.05, 3.63) is 71.3 Å². The quantitative estimate of drug-likeness (QED) is 0.362. The van der Waals surface area contributed by atoms with Crippen molar-refractivity contribution in [2.24, 2.45) is 0 Å². The Labute approximate surface area is 199 Å². The molecule has 34 heavy (non-hydrogen) atoms. The molecule has 8 heteroatoms. The second-order valence-corrected chi connectivity index (χ2v) is 8.53. The molecule has 2 heterocycles. The fraction of sp³-hybridized carbons (Fsp3) is 0.346. The van der Waals surface area contributed by atoms with Gasteiger partial charge in [-0.25, -0.2) is 9.07 Å². The number of anilines is 1. The van der Waals surface area contributed by atoms with Crippen LogP contribution in [0.3, 0.4) is 0 Å². The van der Waals surface area contributed by atoms with Gasteiger partial charge in [0, 0.05) is 26.6 Å². The van der Waals surface area contributed by atoms with E-state index in [1.54, 1.807) is 6.07 Å². The molecule has 0 amide bonds. The molecule has 0 radical (unpaired) electrons. The molecule has 7 nitrogen and oxygen atoms in total. The minimum Gasteiger partial charge on any atom is -0.486 e. The lowest BCUT2D eigenvalue weighted by molar-refractivity contribution is 0.194. The minimum atomic E-state index is -0.279. The molecule has 0 aliphatic rings. The molecule has 178 valence electrons. The van der Waals surface area contributed by atoms with Gasteiger partial charge in [-0.3, -0.25) is 0 Å². The lowest BCUT2D eigenvalue weighted by Crippen LogP contribution is -2.19.